The van der Waals surface area contributed by atoms with Crippen LogP contribution in [-0.2, 0) is 10.0 Å². The number of hydrogen-bond acceptors (Lipinski definition) is 4. The number of hydrazine groups is 1. The number of hydrogen-bond donors (Lipinski definition) is 2. The van der Waals surface area contributed by atoms with Crippen molar-refractivity contribution >= 4 is 15.7 Å². The van der Waals surface area contributed by atoms with Gasteiger partial charge >= 0.3 is 0 Å². The van der Waals surface area contributed by atoms with E-state index in [1.54, 1.807) is 28.6 Å². The second-order valence-corrected chi connectivity index (χ2v) is 7.22. The van der Waals surface area contributed by atoms with Crippen LogP contribution in [0.3, 0.4) is 0 Å². The molecular weight excluding hydrogens is 274 g/mol. The Morgan fingerprint density at radius 2 is 1.95 bits per heavy atom. The Morgan fingerprint density at radius 1 is 1.25 bits per heavy atom. The lowest BCUT2D eigenvalue weighted by atomic mass is 9.98. The minimum absolute atomic E-state index is 0.339. The number of benzene rings is 1. The first-order valence-electron chi connectivity index (χ1n) is 7.14. The number of nitrogens with two attached hydrogens (primary N) is 1. The summed E-state index contributed by atoms with van der Waals surface area (Å²) >= 11 is 0. The average Bonchev–Trinajstić information content (AvgIpc) is 2.73. The molecule has 1 saturated heterocycles. The van der Waals surface area contributed by atoms with Crippen LogP contribution >= 0.6 is 0 Å². The van der Waals surface area contributed by atoms with Crippen LogP contribution in [0.2, 0.25) is 0 Å². The zero-order chi connectivity index (χ0) is 14.6. The summed E-state index contributed by atoms with van der Waals surface area (Å²) in [5, 5.41) is 0. The minimum atomic E-state index is -3.38. The normalized spacial score (nSPS) is 21.4. The van der Waals surface area contributed by atoms with Crippen LogP contribution < -0.4 is 11.3 Å². The Bertz CT molecular complexity index is 528. The first kappa shape index (κ1) is 15.3. The second kappa shape index (κ2) is 6.56. The van der Waals surface area contributed by atoms with Crippen LogP contribution in [0.25, 0.3) is 0 Å². The maximum atomic E-state index is 12.6. The van der Waals surface area contributed by atoms with Crippen LogP contribution in [0.5, 0.6) is 0 Å². The summed E-state index contributed by atoms with van der Waals surface area (Å²) in [7, 11) is -3.38. The van der Waals surface area contributed by atoms with Crippen molar-refractivity contribution in [2.75, 3.05) is 18.5 Å². The highest BCUT2D eigenvalue weighted by Gasteiger charge is 2.26. The lowest BCUT2D eigenvalue weighted by molar-refractivity contribution is 0.407. The van der Waals surface area contributed by atoms with Crippen LogP contribution in [0.4, 0.5) is 5.69 Å². The van der Waals surface area contributed by atoms with Gasteiger partial charge in [-0.1, -0.05) is 13.3 Å². The first-order valence-corrected chi connectivity index (χ1v) is 8.58. The third-order valence-corrected chi connectivity index (χ3v) is 5.96. The Labute approximate surface area is 121 Å². The molecule has 1 aliphatic rings. The number of rotatable bonds is 4. The smallest absolute Gasteiger partial charge is 0.243 e. The van der Waals surface area contributed by atoms with E-state index >= 15 is 0 Å². The Balaban J connectivity index is 2.16. The van der Waals surface area contributed by atoms with E-state index in [0.29, 0.717) is 29.6 Å². The summed E-state index contributed by atoms with van der Waals surface area (Å²) < 4.78 is 26.8. The number of sulfonamides is 1. The van der Waals surface area contributed by atoms with Gasteiger partial charge in [-0.05, 0) is 49.4 Å². The van der Waals surface area contributed by atoms with Crippen molar-refractivity contribution in [2.24, 2.45) is 11.8 Å². The molecule has 0 aliphatic carbocycles. The van der Waals surface area contributed by atoms with Crippen molar-refractivity contribution in [3.05, 3.63) is 24.3 Å². The summed E-state index contributed by atoms with van der Waals surface area (Å²) in [4.78, 5) is 0.339. The van der Waals surface area contributed by atoms with Crippen molar-refractivity contribution in [2.45, 2.75) is 37.5 Å². The topological polar surface area (TPSA) is 75.4 Å². The Morgan fingerprint density at radius 3 is 2.55 bits per heavy atom. The molecule has 0 bridgehead atoms. The predicted molar refractivity (Wildman–Crippen MR) is 80.6 cm³/mol. The third-order valence-electron chi connectivity index (χ3n) is 4.04. The van der Waals surface area contributed by atoms with Crippen molar-refractivity contribution in [1.82, 2.24) is 4.31 Å². The molecule has 1 unspecified atom stereocenters. The Hall–Kier alpha value is -1.11. The van der Waals surface area contributed by atoms with Gasteiger partial charge in [0.15, 0.2) is 0 Å². The number of anilines is 1. The zero-order valence-electron chi connectivity index (χ0n) is 11.9. The quantitative estimate of drug-likeness (QED) is 0.660. The van der Waals surface area contributed by atoms with E-state index in [-0.39, 0.29) is 0 Å². The van der Waals surface area contributed by atoms with Gasteiger partial charge in [0.25, 0.3) is 0 Å². The van der Waals surface area contributed by atoms with E-state index in [4.69, 9.17) is 5.84 Å². The summed E-state index contributed by atoms with van der Waals surface area (Å²) in [6, 6.07) is 6.57. The molecule has 1 aromatic rings. The van der Waals surface area contributed by atoms with E-state index in [0.717, 1.165) is 25.7 Å². The summed E-state index contributed by atoms with van der Waals surface area (Å²) in [6.07, 6.45) is 4.15. The van der Waals surface area contributed by atoms with Gasteiger partial charge in [0.2, 0.25) is 10.0 Å². The zero-order valence-corrected chi connectivity index (χ0v) is 12.7. The van der Waals surface area contributed by atoms with Gasteiger partial charge in [0.1, 0.15) is 0 Å². The molecule has 20 heavy (non-hydrogen) atoms. The van der Waals surface area contributed by atoms with Gasteiger partial charge < -0.3 is 5.43 Å². The molecular formula is C14H23N3O2S. The fraction of sp³-hybridized carbons (Fsp3) is 0.571. The number of nitrogen functional groups attached to an aromatic ring is 1. The van der Waals surface area contributed by atoms with E-state index in [1.807, 2.05) is 0 Å². The maximum Gasteiger partial charge on any atom is 0.243 e. The van der Waals surface area contributed by atoms with Crippen molar-refractivity contribution in [3.63, 3.8) is 0 Å². The first-order chi connectivity index (χ1) is 9.57. The SMILES string of the molecule is CCC1CCCN(S(=O)(=O)c2ccc(NN)cc2)CC1. The molecule has 1 atom stereocenters. The molecule has 0 spiro atoms. The number of nitrogens with one attached hydrogen (secondary N) is 1. The highest BCUT2D eigenvalue weighted by molar-refractivity contribution is 7.89. The van der Waals surface area contributed by atoms with Gasteiger partial charge in [-0.15, -0.1) is 0 Å². The van der Waals surface area contributed by atoms with Crippen LogP contribution in [0.15, 0.2) is 29.2 Å². The van der Waals surface area contributed by atoms with Crippen molar-refractivity contribution < 1.29 is 8.42 Å². The van der Waals surface area contributed by atoms with Crippen LogP contribution in [-0.4, -0.2) is 25.8 Å². The molecule has 3 N–H and O–H groups in total. The number of nitrogens with zero attached hydrogens (tertiary/aromatic N) is 1. The van der Waals surface area contributed by atoms with E-state index in [2.05, 4.69) is 12.3 Å². The summed E-state index contributed by atoms with van der Waals surface area (Å²) in [6.45, 7) is 3.42. The van der Waals surface area contributed by atoms with Crippen LogP contribution in [0, 0.1) is 5.92 Å². The molecule has 6 heteroatoms. The van der Waals surface area contributed by atoms with Gasteiger partial charge in [0.05, 0.1) is 4.90 Å². The minimum Gasteiger partial charge on any atom is -0.324 e. The van der Waals surface area contributed by atoms with E-state index in [1.165, 1.54) is 0 Å². The lowest BCUT2D eigenvalue weighted by Crippen LogP contribution is -2.32. The third kappa shape index (κ3) is 3.31. The molecule has 2 rings (SSSR count). The monoisotopic (exact) mass is 297 g/mol. The molecule has 0 aromatic heterocycles. The van der Waals surface area contributed by atoms with Gasteiger partial charge in [-0.3, -0.25) is 5.84 Å². The molecule has 1 fully saturated rings. The van der Waals surface area contributed by atoms with Crippen molar-refractivity contribution in [3.8, 4) is 0 Å². The molecule has 1 heterocycles. The second-order valence-electron chi connectivity index (χ2n) is 5.28. The highest BCUT2D eigenvalue weighted by atomic mass is 32.2. The van der Waals surface area contributed by atoms with E-state index in [9.17, 15) is 8.42 Å². The van der Waals surface area contributed by atoms with Gasteiger partial charge in [0, 0.05) is 18.8 Å². The highest BCUT2D eigenvalue weighted by Crippen LogP contribution is 2.25. The lowest BCUT2D eigenvalue weighted by Gasteiger charge is -2.20. The van der Waals surface area contributed by atoms with Gasteiger partial charge in [-0.2, -0.15) is 4.31 Å². The van der Waals surface area contributed by atoms with E-state index < -0.39 is 10.0 Å². The summed E-state index contributed by atoms with van der Waals surface area (Å²) in [5.74, 6) is 5.94. The largest absolute Gasteiger partial charge is 0.324 e. The Kier molecular flexibility index (Phi) is 5.01. The van der Waals surface area contributed by atoms with Gasteiger partial charge in [-0.25, -0.2) is 8.42 Å². The molecule has 112 valence electrons. The predicted octanol–water partition coefficient (Wildman–Crippen LogP) is 2.17. The fourth-order valence-corrected chi connectivity index (χ4v) is 4.15. The molecule has 0 saturated carbocycles. The van der Waals surface area contributed by atoms with Crippen molar-refractivity contribution in [1.29, 1.82) is 0 Å². The molecule has 0 radical (unpaired) electrons. The molecule has 1 aliphatic heterocycles. The average molecular weight is 297 g/mol. The summed E-state index contributed by atoms with van der Waals surface area (Å²) in [5.41, 5.74) is 3.20. The molecule has 5 nitrogen and oxygen atoms in total. The standard InChI is InChI=1S/C14H23N3O2S/c1-2-12-4-3-10-17(11-9-12)20(18,19)14-7-5-13(16-15)6-8-14/h5-8,12,16H,2-4,9-11,15H2,1H3. The van der Waals surface area contributed by atoms with Crippen LogP contribution in [0.1, 0.15) is 32.6 Å². The maximum absolute atomic E-state index is 12.6. The molecule has 1 aromatic carbocycles. The fourth-order valence-electron chi connectivity index (χ4n) is 2.66. The molecule has 0 amide bonds.